The standard InChI is InChI=1S/C19H25N3O2S2/c1-21(2)16(15-7-10-25-13-15)11-20-18(23)14-5-3-8-22(12-14)19(24)17-6-4-9-26-17/h4,6-7,9-10,13-14,16H,3,5,8,11-12H2,1-2H3,(H,20,23). The number of hydrogen-bond acceptors (Lipinski definition) is 5. The van der Waals surface area contributed by atoms with Crippen LogP contribution in [-0.2, 0) is 4.79 Å². The van der Waals surface area contributed by atoms with Crippen molar-refractivity contribution in [3.05, 3.63) is 44.8 Å². The van der Waals surface area contributed by atoms with Gasteiger partial charge in [0.25, 0.3) is 5.91 Å². The van der Waals surface area contributed by atoms with Crippen LogP contribution in [0, 0.1) is 5.92 Å². The molecule has 1 aliphatic rings. The van der Waals surface area contributed by atoms with Crippen LogP contribution in [0.25, 0.3) is 0 Å². The summed E-state index contributed by atoms with van der Waals surface area (Å²) in [5.74, 6) is -0.0318. The van der Waals surface area contributed by atoms with E-state index in [-0.39, 0.29) is 23.8 Å². The maximum atomic E-state index is 12.7. The minimum Gasteiger partial charge on any atom is -0.354 e. The fourth-order valence-electron chi connectivity index (χ4n) is 3.34. The molecule has 1 fully saturated rings. The Morgan fingerprint density at radius 2 is 2.19 bits per heavy atom. The van der Waals surface area contributed by atoms with Gasteiger partial charge in [-0.25, -0.2) is 0 Å². The molecule has 26 heavy (non-hydrogen) atoms. The number of nitrogens with zero attached hydrogens (tertiary/aromatic N) is 2. The number of carbonyl (C=O) groups is 2. The Morgan fingerprint density at radius 1 is 1.35 bits per heavy atom. The first-order valence-electron chi connectivity index (χ1n) is 8.85. The molecular formula is C19H25N3O2S2. The van der Waals surface area contributed by atoms with Gasteiger partial charge in [-0.2, -0.15) is 11.3 Å². The van der Waals surface area contributed by atoms with Gasteiger partial charge in [-0.3, -0.25) is 9.59 Å². The lowest BCUT2D eigenvalue weighted by Crippen LogP contribution is -2.46. The minimum atomic E-state index is -0.127. The van der Waals surface area contributed by atoms with Gasteiger partial charge in [-0.05, 0) is 60.8 Å². The molecule has 1 saturated heterocycles. The number of nitrogens with one attached hydrogen (secondary N) is 1. The normalized spacial score (nSPS) is 18.7. The van der Waals surface area contributed by atoms with E-state index >= 15 is 0 Å². The minimum absolute atomic E-state index is 0.0435. The van der Waals surface area contributed by atoms with E-state index in [1.54, 1.807) is 11.3 Å². The number of amides is 2. The van der Waals surface area contributed by atoms with E-state index < -0.39 is 0 Å². The van der Waals surface area contributed by atoms with Gasteiger partial charge in [0.05, 0.1) is 16.8 Å². The molecule has 0 radical (unpaired) electrons. The van der Waals surface area contributed by atoms with Crippen molar-refractivity contribution in [3.8, 4) is 0 Å². The molecule has 3 rings (SSSR count). The quantitative estimate of drug-likeness (QED) is 0.823. The number of likely N-dealkylation sites (tertiary alicyclic amines) is 1. The zero-order valence-electron chi connectivity index (χ0n) is 15.2. The Kier molecular flexibility index (Phi) is 6.45. The van der Waals surface area contributed by atoms with Gasteiger partial charge in [-0.15, -0.1) is 11.3 Å². The SMILES string of the molecule is CN(C)C(CNC(=O)C1CCCN(C(=O)c2cccs2)C1)c1ccsc1. The molecule has 2 aromatic heterocycles. The summed E-state index contributed by atoms with van der Waals surface area (Å²) in [5, 5.41) is 9.20. The maximum absolute atomic E-state index is 12.7. The fourth-order valence-corrected chi connectivity index (χ4v) is 4.73. The van der Waals surface area contributed by atoms with Crippen molar-refractivity contribution in [2.45, 2.75) is 18.9 Å². The van der Waals surface area contributed by atoms with Crippen LogP contribution in [0.3, 0.4) is 0 Å². The Bertz CT molecular complexity index is 713. The van der Waals surface area contributed by atoms with Crippen molar-refractivity contribution in [3.63, 3.8) is 0 Å². The molecular weight excluding hydrogens is 366 g/mol. The Labute approximate surface area is 162 Å². The first kappa shape index (κ1) is 19.1. The van der Waals surface area contributed by atoms with Crippen LogP contribution in [0.4, 0.5) is 0 Å². The highest BCUT2D eigenvalue weighted by Crippen LogP contribution is 2.22. The molecule has 0 aromatic carbocycles. The van der Waals surface area contributed by atoms with Crippen LogP contribution in [0.1, 0.15) is 34.1 Å². The second-order valence-corrected chi connectivity index (χ2v) is 8.58. The van der Waals surface area contributed by atoms with Crippen molar-refractivity contribution >= 4 is 34.5 Å². The highest BCUT2D eigenvalue weighted by atomic mass is 32.1. The number of thiophene rings is 2. The average molecular weight is 392 g/mol. The third-order valence-electron chi connectivity index (χ3n) is 4.83. The van der Waals surface area contributed by atoms with E-state index in [0.717, 1.165) is 24.3 Å². The highest BCUT2D eigenvalue weighted by molar-refractivity contribution is 7.12. The summed E-state index contributed by atoms with van der Waals surface area (Å²) in [5.41, 5.74) is 1.22. The fraction of sp³-hybridized carbons (Fsp3) is 0.474. The van der Waals surface area contributed by atoms with Crippen LogP contribution in [0.2, 0.25) is 0 Å². The first-order valence-corrected chi connectivity index (χ1v) is 10.7. The predicted octanol–water partition coefficient (Wildman–Crippen LogP) is 3.08. The number of piperidine rings is 1. The summed E-state index contributed by atoms with van der Waals surface area (Å²) in [6, 6.07) is 6.00. The van der Waals surface area contributed by atoms with Crippen molar-refractivity contribution in [1.29, 1.82) is 0 Å². The van der Waals surface area contributed by atoms with Gasteiger partial charge < -0.3 is 15.1 Å². The molecule has 3 heterocycles. The summed E-state index contributed by atoms with van der Waals surface area (Å²) < 4.78 is 0. The molecule has 1 N–H and O–H groups in total. The van der Waals surface area contributed by atoms with Gasteiger partial charge in [0, 0.05) is 19.6 Å². The number of likely N-dealkylation sites (N-methyl/N-ethyl adjacent to an activating group) is 1. The molecule has 0 spiro atoms. The first-order chi connectivity index (χ1) is 12.6. The van der Waals surface area contributed by atoms with E-state index in [1.807, 2.05) is 36.5 Å². The predicted molar refractivity (Wildman–Crippen MR) is 107 cm³/mol. The molecule has 140 valence electrons. The van der Waals surface area contributed by atoms with E-state index in [1.165, 1.54) is 16.9 Å². The molecule has 1 aliphatic heterocycles. The second kappa shape index (κ2) is 8.79. The molecule has 5 nitrogen and oxygen atoms in total. The van der Waals surface area contributed by atoms with E-state index in [2.05, 4.69) is 27.0 Å². The lowest BCUT2D eigenvalue weighted by molar-refractivity contribution is -0.126. The van der Waals surface area contributed by atoms with E-state index in [4.69, 9.17) is 0 Å². The molecule has 2 atom stereocenters. The molecule has 0 bridgehead atoms. The van der Waals surface area contributed by atoms with E-state index in [9.17, 15) is 9.59 Å². The molecule has 2 aromatic rings. The number of hydrogen-bond donors (Lipinski definition) is 1. The second-order valence-electron chi connectivity index (χ2n) is 6.85. The Hall–Kier alpha value is -1.70. The van der Waals surface area contributed by atoms with E-state index in [0.29, 0.717) is 13.1 Å². The summed E-state index contributed by atoms with van der Waals surface area (Å²) >= 11 is 3.12. The zero-order chi connectivity index (χ0) is 18.5. The smallest absolute Gasteiger partial charge is 0.263 e. The van der Waals surface area contributed by atoms with Gasteiger partial charge in [0.1, 0.15) is 0 Å². The summed E-state index contributed by atoms with van der Waals surface area (Å²) in [7, 11) is 4.05. The van der Waals surface area contributed by atoms with Gasteiger partial charge in [-0.1, -0.05) is 6.07 Å². The molecule has 2 amide bonds. The molecule has 2 unspecified atom stereocenters. The van der Waals surface area contributed by atoms with Gasteiger partial charge in [0.15, 0.2) is 0 Å². The third kappa shape index (κ3) is 4.52. The molecule has 0 saturated carbocycles. The monoisotopic (exact) mass is 391 g/mol. The Balaban J connectivity index is 1.56. The van der Waals surface area contributed by atoms with Crippen molar-refractivity contribution in [2.24, 2.45) is 5.92 Å². The van der Waals surface area contributed by atoms with Crippen LogP contribution < -0.4 is 5.32 Å². The maximum Gasteiger partial charge on any atom is 0.263 e. The highest BCUT2D eigenvalue weighted by Gasteiger charge is 2.29. The average Bonchev–Trinajstić information content (AvgIpc) is 3.35. The van der Waals surface area contributed by atoms with Crippen LogP contribution >= 0.6 is 22.7 Å². The third-order valence-corrected chi connectivity index (χ3v) is 6.39. The number of carbonyl (C=O) groups excluding carboxylic acids is 2. The van der Waals surface area contributed by atoms with Crippen LogP contribution in [0.5, 0.6) is 0 Å². The van der Waals surface area contributed by atoms with Crippen molar-refractivity contribution in [2.75, 3.05) is 33.7 Å². The van der Waals surface area contributed by atoms with Gasteiger partial charge in [0.2, 0.25) is 5.91 Å². The Morgan fingerprint density at radius 3 is 2.85 bits per heavy atom. The molecule has 7 heteroatoms. The number of rotatable bonds is 6. The summed E-state index contributed by atoms with van der Waals surface area (Å²) in [4.78, 5) is 29.9. The van der Waals surface area contributed by atoms with Crippen LogP contribution in [0.15, 0.2) is 34.3 Å². The zero-order valence-corrected chi connectivity index (χ0v) is 16.8. The summed E-state index contributed by atoms with van der Waals surface area (Å²) in [6.45, 7) is 1.82. The molecule has 0 aliphatic carbocycles. The van der Waals surface area contributed by atoms with Crippen molar-refractivity contribution in [1.82, 2.24) is 15.1 Å². The largest absolute Gasteiger partial charge is 0.354 e. The van der Waals surface area contributed by atoms with Crippen LogP contribution in [-0.4, -0.2) is 55.3 Å². The van der Waals surface area contributed by atoms with Crippen molar-refractivity contribution < 1.29 is 9.59 Å². The lowest BCUT2D eigenvalue weighted by Gasteiger charge is -2.32. The van der Waals surface area contributed by atoms with Gasteiger partial charge >= 0.3 is 0 Å². The topological polar surface area (TPSA) is 52.7 Å². The summed E-state index contributed by atoms with van der Waals surface area (Å²) in [6.07, 6.45) is 1.71. The lowest BCUT2D eigenvalue weighted by atomic mass is 9.96.